The van der Waals surface area contributed by atoms with Crippen molar-refractivity contribution in [3.05, 3.63) is 105 Å². The highest BCUT2D eigenvalue weighted by atomic mass is 32.1. The molecule has 45 heavy (non-hydrogen) atoms. The van der Waals surface area contributed by atoms with Crippen LogP contribution in [0.25, 0.3) is 0 Å². The molecule has 0 aliphatic carbocycles. The molecule has 0 aliphatic heterocycles. The fourth-order valence-corrected chi connectivity index (χ4v) is 5.88. The first-order valence-electron chi connectivity index (χ1n) is 14.9. The Morgan fingerprint density at radius 2 is 1.67 bits per heavy atom. The third-order valence-electron chi connectivity index (χ3n) is 7.26. The molecule has 238 valence electrons. The predicted octanol–water partition coefficient (Wildman–Crippen LogP) is 5.94. The second kappa shape index (κ2) is 17.3. The molecular weight excluding hydrogens is 609 g/mol. The Balaban J connectivity index is 1.43. The van der Waals surface area contributed by atoms with Crippen LogP contribution in [-0.4, -0.2) is 52.0 Å². The van der Waals surface area contributed by atoms with Crippen LogP contribution in [0.15, 0.2) is 83.3 Å². The van der Waals surface area contributed by atoms with Crippen molar-refractivity contribution in [1.82, 2.24) is 30.8 Å². The number of thiazole rings is 2. The van der Waals surface area contributed by atoms with Gasteiger partial charge in [-0.3, -0.25) is 9.78 Å². The van der Waals surface area contributed by atoms with Gasteiger partial charge >= 0.3 is 12.1 Å². The lowest BCUT2D eigenvalue weighted by molar-refractivity contribution is -0.124. The van der Waals surface area contributed by atoms with Gasteiger partial charge in [0.25, 0.3) is 0 Å². The summed E-state index contributed by atoms with van der Waals surface area (Å²) < 4.78 is 5.46. The van der Waals surface area contributed by atoms with Crippen LogP contribution in [0.4, 0.5) is 9.59 Å². The van der Waals surface area contributed by atoms with Gasteiger partial charge in [0.2, 0.25) is 5.91 Å². The largest absolute Gasteiger partial charge is 0.444 e. The number of nitrogens with zero attached hydrogens (tertiary/aromatic N) is 3. The summed E-state index contributed by atoms with van der Waals surface area (Å²) in [7, 11) is 1.68. The van der Waals surface area contributed by atoms with Gasteiger partial charge < -0.3 is 25.6 Å². The first-order chi connectivity index (χ1) is 21.8. The van der Waals surface area contributed by atoms with Crippen LogP contribution in [-0.2, 0) is 29.1 Å². The zero-order chi connectivity index (χ0) is 32.0. The second-order valence-corrected chi connectivity index (χ2v) is 12.8. The number of hydrogen-bond acceptors (Lipinski definition) is 8. The molecule has 3 atom stereocenters. The Bertz CT molecular complexity index is 1450. The van der Waals surface area contributed by atoms with Crippen molar-refractivity contribution in [2.45, 2.75) is 64.4 Å². The average Bonchev–Trinajstić information content (AvgIpc) is 3.76. The van der Waals surface area contributed by atoms with Gasteiger partial charge in [-0.25, -0.2) is 14.6 Å². The van der Waals surface area contributed by atoms with E-state index in [4.69, 9.17) is 4.74 Å². The molecule has 0 saturated carbocycles. The number of hydrogen-bond donors (Lipinski definition) is 3. The van der Waals surface area contributed by atoms with E-state index in [1.54, 1.807) is 24.3 Å². The van der Waals surface area contributed by atoms with E-state index in [0.29, 0.717) is 25.8 Å². The molecule has 0 fully saturated rings. The molecule has 2 heterocycles. The number of rotatable bonds is 15. The molecule has 0 radical (unpaired) electrons. The molecule has 4 rings (SSSR count). The van der Waals surface area contributed by atoms with Crippen LogP contribution in [0.1, 0.15) is 54.4 Å². The SMILES string of the molecule is CC(C)C(NC(=O)N(C)Cc1cscn1)C(=O)NC(CCC(Cc1ccccc1)NC(=O)OCc1cncs1)c1ccccc1. The molecule has 3 unspecified atom stereocenters. The smallest absolute Gasteiger partial charge is 0.407 e. The first-order valence-corrected chi connectivity index (χ1v) is 16.7. The number of benzene rings is 2. The van der Waals surface area contributed by atoms with Crippen LogP contribution in [0, 0.1) is 5.92 Å². The van der Waals surface area contributed by atoms with E-state index in [1.807, 2.05) is 79.9 Å². The highest BCUT2D eigenvalue weighted by Crippen LogP contribution is 2.22. The van der Waals surface area contributed by atoms with Gasteiger partial charge in [0.05, 0.1) is 34.2 Å². The highest BCUT2D eigenvalue weighted by molar-refractivity contribution is 7.09. The molecule has 0 bridgehead atoms. The van der Waals surface area contributed by atoms with Gasteiger partial charge in [0, 0.05) is 24.7 Å². The van der Waals surface area contributed by atoms with Crippen LogP contribution >= 0.6 is 22.7 Å². The van der Waals surface area contributed by atoms with E-state index < -0.39 is 12.1 Å². The van der Waals surface area contributed by atoms with E-state index in [2.05, 4.69) is 25.9 Å². The van der Waals surface area contributed by atoms with Gasteiger partial charge in [0.1, 0.15) is 12.6 Å². The topological polar surface area (TPSA) is 126 Å². The number of carbonyl (C=O) groups is 3. The third kappa shape index (κ3) is 11.0. The van der Waals surface area contributed by atoms with Gasteiger partial charge in [0.15, 0.2) is 0 Å². The van der Waals surface area contributed by atoms with Crippen molar-refractivity contribution >= 4 is 40.7 Å². The second-order valence-electron chi connectivity index (χ2n) is 11.1. The minimum Gasteiger partial charge on any atom is -0.444 e. The maximum absolute atomic E-state index is 13.7. The van der Waals surface area contributed by atoms with Gasteiger partial charge in [-0.15, -0.1) is 22.7 Å². The predicted molar refractivity (Wildman–Crippen MR) is 177 cm³/mol. The molecule has 4 amide bonds. The fourth-order valence-electron chi connectivity index (χ4n) is 4.83. The van der Waals surface area contributed by atoms with Crippen LogP contribution in [0.5, 0.6) is 0 Å². The minimum absolute atomic E-state index is 0.151. The van der Waals surface area contributed by atoms with Crippen molar-refractivity contribution in [3.8, 4) is 0 Å². The van der Waals surface area contributed by atoms with Crippen LogP contribution < -0.4 is 16.0 Å². The minimum atomic E-state index is -0.749. The molecular formula is C33H40N6O4S2. The van der Waals surface area contributed by atoms with Crippen molar-refractivity contribution < 1.29 is 19.1 Å². The van der Waals surface area contributed by atoms with Crippen LogP contribution in [0.2, 0.25) is 0 Å². The van der Waals surface area contributed by atoms with E-state index >= 15 is 0 Å². The van der Waals surface area contributed by atoms with Crippen LogP contribution in [0.3, 0.4) is 0 Å². The van der Waals surface area contributed by atoms with Gasteiger partial charge in [-0.1, -0.05) is 74.5 Å². The Morgan fingerprint density at radius 1 is 0.933 bits per heavy atom. The van der Waals surface area contributed by atoms with E-state index in [-0.39, 0.29) is 36.5 Å². The van der Waals surface area contributed by atoms with Gasteiger partial charge in [-0.05, 0) is 36.3 Å². The Labute approximate surface area is 272 Å². The van der Waals surface area contributed by atoms with Gasteiger partial charge in [-0.2, -0.15) is 0 Å². The number of alkyl carbamates (subject to hydrolysis) is 1. The number of nitrogens with one attached hydrogen (secondary N) is 3. The third-order valence-corrected chi connectivity index (χ3v) is 8.64. The molecule has 2 aromatic carbocycles. The lowest BCUT2D eigenvalue weighted by Gasteiger charge is -2.28. The molecule has 2 aromatic heterocycles. The summed E-state index contributed by atoms with van der Waals surface area (Å²) in [6.07, 6.45) is 2.89. The summed E-state index contributed by atoms with van der Waals surface area (Å²) >= 11 is 2.89. The summed E-state index contributed by atoms with van der Waals surface area (Å²) in [4.78, 5) is 50.2. The van der Waals surface area contributed by atoms with Crippen molar-refractivity contribution in [1.29, 1.82) is 0 Å². The number of carbonyl (C=O) groups excluding carboxylic acids is 3. The molecule has 0 saturated heterocycles. The quantitative estimate of drug-likeness (QED) is 0.147. The summed E-state index contributed by atoms with van der Waals surface area (Å²) in [6.45, 7) is 4.30. The molecule has 12 heteroatoms. The maximum Gasteiger partial charge on any atom is 0.407 e. The van der Waals surface area contributed by atoms with E-state index in [1.165, 1.54) is 27.6 Å². The molecule has 4 aromatic rings. The Hall–Kier alpha value is -4.29. The normalized spacial score (nSPS) is 13.0. The average molecular weight is 649 g/mol. The summed E-state index contributed by atoms with van der Waals surface area (Å²) in [5.74, 6) is -0.426. The number of urea groups is 1. The first kappa shape index (κ1) is 33.6. The standard InChI is InChI=1S/C33H40N6O4S2/c1-23(2)30(38-32(41)39(3)18-27-20-44-22-35-27)31(40)37-29(25-12-8-5-9-13-25)15-14-26(16-24-10-6-4-7-11-24)36-33(42)43-19-28-17-34-21-45-28/h4-13,17,20-23,26,29-30H,14-16,18-19H2,1-3H3,(H,36,42)(H,37,40)(H,38,41). The molecule has 10 nitrogen and oxygen atoms in total. The number of ether oxygens (including phenoxy) is 1. The van der Waals surface area contributed by atoms with E-state index in [9.17, 15) is 14.4 Å². The fraction of sp³-hybridized carbons (Fsp3) is 0.364. The van der Waals surface area contributed by atoms with E-state index in [0.717, 1.165) is 21.7 Å². The van der Waals surface area contributed by atoms with Crippen molar-refractivity contribution in [2.24, 2.45) is 5.92 Å². The Morgan fingerprint density at radius 3 is 2.31 bits per heavy atom. The molecule has 3 N–H and O–H groups in total. The summed E-state index contributed by atoms with van der Waals surface area (Å²) in [6, 6.07) is 18.0. The monoisotopic (exact) mass is 648 g/mol. The highest BCUT2D eigenvalue weighted by Gasteiger charge is 2.28. The molecule has 0 aliphatic rings. The lowest BCUT2D eigenvalue weighted by Crippen LogP contribution is -2.53. The zero-order valence-corrected chi connectivity index (χ0v) is 27.4. The van der Waals surface area contributed by atoms with Crippen molar-refractivity contribution in [2.75, 3.05) is 7.05 Å². The zero-order valence-electron chi connectivity index (χ0n) is 25.7. The van der Waals surface area contributed by atoms with Crippen molar-refractivity contribution in [3.63, 3.8) is 0 Å². The summed E-state index contributed by atoms with van der Waals surface area (Å²) in [5.41, 5.74) is 6.23. The number of amides is 4. The number of aromatic nitrogens is 2. The maximum atomic E-state index is 13.7. The lowest BCUT2D eigenvalue weighted by atomic mass is 9.95. The summed E-state index contributed by atoms with van der Waals surface area (Å²) in [5, 5.41) is 11.0. The Kier molecular flexibility index (Phi) is 12.9. The molecule has 0 spiro atoms.